The molecule has 0 aliphatic heterocycles. The largest absolute Gasteiger partial charge is 0.348 e. The summed E-state index contributed by atoms with van der Waals surface area (Å²) in [5.74, 6) is 0.240. The maximum Gasteiger partial charge on any atom is 0.348 e. The highest BCUT2D eigenvalue weighted by Crippen LogP contribution is 2.22. The maximum atomic E-state index is 12.0. The average Bonchev–Trinajstić information content (AvgIpc) is 2.96. The summed E-state index contributed by atoms with van der Waals surface area (Å²) in [5.41, 5.74) is 0.146. The monoisotopic (exact) mass is 327 g/mol. The molecule has 0 amide bonds. The number of nitro benzene ring substituents is 2. The van der Waals surface area contributed by atoms with Crippen LogP contribution in [0.5, 0.6) is 0 Å². The molecule has 0 aliphatic rings. The molecule has 0 saturated heterocycles. The molecule has 0 atom stereocenters. The van der Waals surface area contributed by atoms with Crippen LogP contribution in [0.3, 0.4) is 0 Å². The summed E-state index contributed by atoms with van der Waals surface area (Å²) in [6, 6.07) is 10.9. The predicted molar refractivity (Wildman–Crippen MR) is 82.9 cm³/mol. The summed E-state index contributed by atoms with van der Waals surface area (Å²) in [7, 11) is 0. The zero-order valence-corrected chi connectivity index (χ0v) is 11.9. The van der Waals surface area contributed by atoms with Crippen LogP contribution in [-0.2, 0) is 0 Å². The molecule has 1 N–H and O–H groups in total. The van der Waals surface area contributed by atoms with E-state index in [2.05, 4.69) is 10.2 Å². The number of hydrogen-bond donors (Lipinski definition) is 1. The second-order valence-electron chi connectivity index (χ2n) is 4.77. The Morgan fingerprint density at radius 1 is 0.875 bits per heavy atom. The number of nitrogens with zero attached hydrogens (tertiary/aromatic N) is 4. The van der Waals surface area contributed by atoms with Crippen molar-refractivity contribution in [2.24, 2.45) is 0 Å². The first-order chi connectivity index (χ1) is 11.5. The van der Waals surface area contributed by atoms with Gasteiger partial charge in [-0.2, -0.15) is 5.10 Å². The van der Waals surface area contributed by atoms with E-state index in [4.69, 9.17) is 0 Å². The highest BCUT2D eigenvalue weighted by atomic mass is 16.6. The minimum Gasteiger partial charge on any atom is -0.258 e. The maximum absolute atomic E-state index is 12.0. The van der Waals surface area contributed by atoms with Crippen molar-refractivity contribution in [3.05, 3.63) is 79.2 Å². The highest BCUT2D eigenvalue weighted by Gasteiger charge is 2.15. The van der Waals surface area contributed by atoms with E-state index >= 15 is 0 Å². The number of hydrogen-bond acceptors (Lipinski definition) is 6. The fourth-order valence-electron chi connectivity index (χ4n) is 2.19. The smallest absolute Gasteiger partial charge is 0.258 e. The van der Waals surface area contributed by atoms with Crippen molar-refractivity contribution in [3.63, 3.8) is 0 Å². The summed E-state index contributed by atoms with van der Waals surface area (Å²) in [5, 5.41) is 27.6. The first kappa shape index (κ1) is 15.1. The summed E-state index contributed by atoms with van der Waals surface area (Å²) in [6.45, 7) is 0. The van der Waals surface area contributed by atoms with Crippen molar-refractivity contribution >= 4 is 11.4 Å². The van der Waals surface area contributed by atoms with Gasteiger partial charge in [0.15, 0.2) is 5.82 Å². The predicted octanol–water partition coefficient (Wildman–Crippen LogP) is 2.04. The van der Waals surface area contributed by atoms with Crippen LogP contribution in [-0.4, -0.2) is 24.6 Å². The van der Waals surface area contributed by atoms with Crippen LogP contribution < -0.4 is 5.69 Å². The molecule has 0 radical (unpaired) electrons. The van der Waals surface area contributed by atoms with Gasteiger partial charge < -0.3 is 0 Å². The molecular formula is C14H9N5O5. The second-order valence-corrected chi connectivity index (χ2v) is 4.77. The van der Waals surface area contributed by atoms with Gasteiger partial charge in [-0.05, 0) is 24.3 Å². The number of benzene rings is 2. The molecule has 1 aromatic heterocycles. The quantitative estimate of drug-likeness (QED) is 0.575. The van der Waals surface area contributed by atoms with Crippen molar-refractivity contribution in [1.29, 1.82) is 0 Å². The van der Waals surface area contributed by atoms with E-state index < -0.39 is 15.5 Å². The topological polar surface area (TPSA) is 137 Å². The van der Waals surface area contributed by atoms with Crippen LogP contribution in [0, 0.1) is 20.2 Å². The Balaban J connectivity index is 2.07. The molecule has 0 fully saturated rings. The van der Waals surface area contributed by atoms with E-state index in [1.165, 1.54) is 53.1 Å². The normalized spacial score (nSPS) is 10.5. The lowest BCUT2D eigenvalue weighted by atomic mass is 10.2. The third kappa shape index (κ3) is 2.63. The lowest BCUT2D eigenvalue weighted by Crippen LogP contribution is -2.15. The lowest BCUT2D eigenvalue weighted by molar-refractivity contribution is -0.385. The van der Waals surface area contributed by atoms with Crippen LogP contribution >= 0.6 is 0 Å². The van der Waals surface area contributed by atoms with E-state index in [1.807, 2.05) is 0 Å². The van der Waals surface area contributed by atoms with Crippen molar-refractivity contribution in [1.82, 2.24) is 14.8 Å². The standard InChI is InChI=1S/C14H9N5O5/c20-14-16-15-13(9-1-3-11(4-2-9)18(21)22)17(14)10-5-7-12(8-6-10)19(23)24/h1-8H,(H,16,20). The number of aromatic amines is 1. The van der Waals surface area contributed by atoms with E-state index in [1.54, 1.807) is 0 Å². The van der Waals surface area contributed by atoms with Gasteiger partial charge in [0, 0.05) is 29.8 Å². The highest BCUT2D eigenvalue weighted by molar-refractivity contribution is 5.60. The number of H-pyrrole nitrogens is 1. The van der Waals surface area contributed by atoms with Crippen molar-refractivity contribution in [2.45, 2.75) is 0 Å². The Morgan fingerprint density at radius 3 is 1.88 bits per heavy atom. The van der Waals surface area contributed by atoms with Crippen LogP contribution in [0.15, 0.2) is 53.3 Å². The molecule has 10 nitrogen and oxygen atoms in total. The number of rotatable bonds is 4. The minimum absolute atomic E-state index is 0.0847. The molecular weight excluding hydrogens is 318 g/mol. The molecule has 24 heavy (non-hydrogen) atoms. The van der Waals surface area contributed by atoms with Crippen LogP contribution in [0.4, 0.5) is 11.4 Å². The van der Waals surface area contributed by atoms with Crippen LogP contribution in [0.25, 0.3) is 17.1 Å². The van der Waals surface area contributed by atoms with Gasteiger partial charge in [-0.1, -0.05) is 0 Å². The number of nitro groups is 2. The summed E-state index contributed by atoms with van der Waals surface area (Å²) in [6.07, 6.45) is 0. The Hall–Kier alpha value is -3.82. The molecule has 10 heteroatoms. The van der Waals surface area contributed by atoms with E-state index in [9.17, 15) is 25.0 Å². The van der Waals surface area contributed by atoms with Gasteiger partial charge in [-0.25, -0.2) is 14.5 Å². The van der Waals surface area contributed by atoms with Crippen LogP contribution in [0.1, 0.15) is 0 Å². The van der Waals surface area contributed by atoms with Gasteiger partial charge in [0.1, 0.15) is 0 Å². The SMILES string of the molecule is O=c1[nH]nc(-c2ccc([N+](=O)[O-])cc2)n1-c1ccc([N+](=O)[O-])cc1. The average molecular weight is 327 g/mol. The fourth-order valence-corrected chi connectivity index (χ4v) is 2.19. The number of non-ortho nitro benzene ring substituents is 2. The Labute approximate surface area is 133 Å². The zero-order valence-electron chi connectivity index (χ0n) is 11.9. The van der Waals surface area contributed by atoms with Crippen molar-refractivity contribution in [2.75, 3.05) is 0 Å². The van der Waals surface area contributed by atoms with Gasteiger partial charge in [0.2, 0.25) is 0 Å². The van der Waals surface area contributed by atoms with Gasteiger partial charge in [-0.3, -0.25) is 20.2 Å². The molecule has 0 unspecified atom stereocenters. The second kappa shape index (κ2) is 5.76. The Kier molecular flexibility index (Phi) is 3.62. The number of aromatic nitrogens is 3. The molecule has 0 spiro atoms. The summed E-state index contributed by atoms with van der Waals surface area (Å²) < 4.78 is 1.23. The molecule has 0 saturated carbocycles. The molecule has 3 rings (SSSR count). The van der Waals surface area contributed by atoms with Gasteiger partial charge in [-0.15, -0.1) is 0 Å². The molecule has 2 aromatic carbocycles. The Morgan fingerprint density at radius 2 is 1.38 bits per heavy atom. The van der Waals surface area contributed by atoms with E-state index in [0.717, 1.165) is 0 Å². The summed E-state index contributed by atoms with van der Waals surface area (Å²) in [4.78, 5) is 32.3. The molecule has 0 aliphatic carbocycles. The van der Waals surface area contributed by atoms with Gasteiger partial charge in [0.25, 0.3) is 11.4 Å². The zero-order chi connectivity index (χ0) is 17.3. The van der Waals surface area contributed by atoms with Gasteiger partial charge in [0.05, 0.1) is 15.5 Å². The molecule has 0 bridgehead atoms. The molecule has 1 heterocycles. The molecule has 3 aromatic rings. The number of nitrogens with one attached hydrogen (secondary N) is 1. The first-order valence-electron chi connectivity index (χ1n) is 6.64. The van der Waals surface area contributed by atoms with Crippen molar-refractivity contribution < 1.29 is 9.85 Å². The van der Waals surface area contributed by atoms with Crippen LogP contribution in [0.2, 0.25) is 0 Å². The third-order valence-corrected chi connectivity index (χ3v) is 3.33. The lowest BCUT2D eigenvalue weighted by Gasteiger charge is -2.05. The summed E-state index contributed by atoms with van der Waals surface area (Å²) >= 11 is 0. The fraction of sp³-hybridized carbons (Fsp3) is 0. The Bertz CT molecular complexity index is 972. The van der Waals surface area contributed by atoms with E-state index in [-0.39, 0.29) is 17.2 Å². The molecule has 120 valence electrons. The third-order valence-electron chi connectivity index (χ3n) is 3.33. The minimum atomic E-state index is -0.542. The first-order valence-corrected chi connectivity index (χ1v) is 6.64. The van der Waals surface area contributed by atoms with Gasteiger partial charge >= 0.3 is 5.69 Å². The van der Waals surface area contributed by atoms with E-state index in [0.29, 0.717) is 11.3 Å². The van der Waals surface area contributed by atoms with Crippen molar-refractivity contribution in [3.8, 4) is 17.1 Å².